The third kappa shape index (κ3) is 3.79. The molecule has 1 amide bonds. The van der Waals surface area contributed by atoms with Gasteiger partial charge in [0, 0.05) is 23.0 Å². The predicted molar refractivity (Wildman–Crippen MR) is 108 cm³/mol. The lowest BCUT2D eigenvalue weighted by Gasteiger charge is -2.29. The molecule has 2 fully saturated rings. The van der Waals surface area contributed by atoms with Crippen LogP contribution in [0.4, 0.5) is 0 Å². The van der Waals surface area contributed by atoms with Gasteiger partial charge in [-0.15, -0.1) is 23.7 Å². The maximum atomic E-state index is 12.7. The summed E-state index contributed by atoms with van der Waals surface area (Å²) < 4.78 is 11.2. The minimum Gasteiger partial charge on any atom is -0.486 e. The standard InChI is InChI=1S/C20H22N2O3S.ClH/c23-20(22-15-10-13-2-3-14(11-15)21-13)19-6-5-18(26-19)12-1-4-16-17(9-12)25-8-7-24-16;/h1,4-6,9,13-15,21H,2-3,7-8,10-11H2,(H,22,23);1H. The molecule has 1 aromatic heterocycles. The Morgan fingerprint density at radius 2 is 1.78 bits per heavy atom. The van der Waals surface area contributed by atoms with E-state index in [-0.39, 0.29) is 18.3 Å². The molecule has 0 saturated carbocycles. The first kappa shape index (κ1) is 18.6. The van der Waals surface area contributed by atoms with Crippen LogP contribution in [0.25, 0.3) is 10.4 Å². The molecule has 5 rings (SSSR count). The van der Waals surface area contributed by atoms with Crippen LogP contribution in [0.15, 0.2) is 30.3 Å². The van der Waals surface area contributed by atoms with E-state index in [4.69, 9.17) is 9.47 Å². The molecule has 0 spiro atoms. The largest absolute Gasteiger partial charge is 0.486 e. The Morgan fingerprint density at radius 1 is 1.04 bits per heavy atom. The van der Waals surface area contributed by atoms with Gasteiger partial charge in [-0.05, 0) is 61.6 Å². The molecule has 5 nitrogen and oxygen atoms in total. The topological polar surface area (TPSA) is 59.6 Å². The third-order valence-corrected chi connectivity index (χ3v) is 6.60. The van der Waals surface area contributed by atoms with Crippen molar-refractivity contribution in [3.63, 3.8) is 0 Å². The zero-order valence-corrected chi connectivity index (χ0v) is 16.5. The number of thiophene rings is 1. The number of halogens is 1. The number of nitrogens with one attached hydrogen (secondary N) is 2. The Balaban J connectivity index is 0.00000180. The van der Waals surface area contributed by atoms with E-state index in [0.717, 1.165) is 39.7 Å². The monoisotopic (exact) mass is 406 g/mol. The van der Waals surface area contributed by atoms with Crippen molar-refractivity contribution in [2.45, 2.75) is 43.8 Å². The Morgan fingerprint density at radius 3 is 2.56 bits per heavy atom. The number of hydrogen-bond donors (Lipinski definition) is 2. The highest BCUT2D eigenvalue weighted by molar-refractivity contribution is 7.17. The molecule has 2 bridgehead atoms. The molecular formula is C20H23ClN2O3S. The number of benzene rings is 1. The maximum Gasteiger partial charge on any atom is 0.261 e. The van der Waals surface area contributed by atoms with Crippen LogP contribution in [0.2, 0.25) is 0 Å². The number of amides is 1. The predicted octanol–water partition coefficient (Wildman–Crippen LogP) is 3.62. The van der Waals surface area contributed by atoms with Crippen LogP contribution in [0.3, 0.4) is 0 Å². The normalized spacial score (nSPS) is 25.6. The van der Waals surface area contributed by atoms with Crippen LogP contribution < -0.4 is 20.1 Å². The maximum absolute atomic E-state index is 12.7. The SMILES string of the molecule is Cl.O=C(NC1CC2CCC(C1)N2)c1ccc(-c2ccc3c(c2)OCCO3)s1. The number of ether oxygens (including phenoxy) is 2. The molecule has 3 aliphatic rings. The van der Waals surface area contributed by atoms with E-state index in [0.29, 0.717) is 31.3 Å². The first-order valence-electron chi connectivity index (χ1n) is 9.31. The molecule has 4 heterocycles. The minimum atomic E-state index is 0. The van der Waals surface area contributed by atoms with Crippen molar-refractivity contribution in [2.75, 3.05) is 13.2 Å². The van der Waals surface area contributed by atoms with Crippen molar-refractivity contribution in [2.24, 2.45) is 0 Å². The fourth-order valence-electron chi connectivity index (χ4n) is 4.24. The van der Waals surface area contributed by atoms with Crippen LogP contribution in [0.1, 0.15) is 35.4 Å². The Bertz CT molecular complexity index is 828. The fraction of sp³-hybridized carbons (Fsp3) is 0.450. The van der Waals surface area contributed by atoms with E-state index in [1.807, 2.05) is 30.3 Å². The summed E-state index contributed by atoms with van der Waals surface area (Å²) in [6, 6.07) is 11.3. The van der Waals surface area contributed by atoms with Gasteiger partial charge in [-0.3, -0.25) is 4.79 Å². The van der Waals surface area contributed by atoms with E-state index in [9.17, 15) is 4.79 Å². The molecule has 7 heteroatoms. The minimum absolute atomic E-state index is 0. The molecule has 2 atom stereocenters. The molecule has 1 aromatic carbocycles. The summed E-state index contributed by atoms with van der Waals surface area (Å²) >= 11 is 1.53. The van der Waals surface area contributed by atoms with Crippen LogP contribution in [-0.2, 0) is 0 Å². The summed E-state index contributed by atoms with van der Waals surface area (Å²) in [5, 5.41) is 6.85. The molecule has 2 aromatic rings. The lowest BCUT2D eigenvalue weighted by atomic mass is 10.00. The van der Waals surface area contributed by atoms with Gasteiger partial charge in [0.25, 0.3) is 5.91 Å². The Kier molecular flexibility index (Phi) is 5.30. The van der Waals surface area contributed by atoms with E-state index < -0.39 is 0 Å². The van der Waals surface area contributed by atoms with Crippen molar-refractivity contribution in [1.82, 2.24) is 10.6 Å². The smallest absolute Gasteiger partial charge is 0.261 e. The Labute approximate surface area is 168 Å². The van der Waals surface area contributed by atoms with E-state index in [1.165, 1.54) is 24.2 Å². The highest BCUT2D eigenvalue weighted by atomic mass is 35.5. The lowest BCUT2D eigenvalue weighted by Crippen LogP contribution is -2.47. The second kappa shape index (κ2) is 7.70. The molecular weight excluding hydrogens is 384 g/mol. The molecule has 144 valence electrons. The Hall–Kier alpha value is -1.76. The lowest BCUT2D eigenvalue weighted by molar-refractivity contribution is 0.0928. The number of fused-ring (bicyclic) bond motifs is 3. The van der Waals surface area contributed by atoms with Crippen molar-refractivity contribution < 1.29 is 14.3 Å². The summed E-state index contributed by atoms with van der Waals surface area (Å²) in [6.07, 6.45) is 4.57. The third-order valence-electron chi connectivity index (χ3n) is 5.46. The van der Waals surface area contributed by atoms with E-state index in [1.54, 1.807) is 0 Å². The van der Waals surface area contributed by atoms with Gasteiger partial charge in [-0.25, -0.2) is 0 Å². The summed E-state index contributed by atoms with van der Waals surface area (Å²) in [5.74, 6) is 1.61. The molecule has 2 N–H and O–H groups in total. The number of hydrogen-bond acceptors (Lipinski definition) is 5. The van der Waals surface area contributed by atoms with E-state index in [2.05, 4.69) is 10.6 Å². The molecule has 0 radical (unpaired) electrons. The molecule has 2 saturated heterocycles. The molecule has 0 aliphatic carbocycles. The highest BCUT2D eigenvalue weighted by Gasteiger charge is 2.34. The summed E-state index contributed by atoms with van der Waals surface area (Å²) in [6.45, 7) is 1.17. The van der Waals surface area contributed by atoms with Gasteiger partial charge in [0.15, 0.2) is 11.5 Å². The highest BCUT2D eigenvalue weighted by Crippen LogP contribution is 2.37. The van der Waals surface area contributed by atoms with Crippen molar-refractivity contribution in [3.05, 3.63) is 35.2 Å². The number of piperidine rings is 1. The van der Waals surface area contributed by atoms with Gasteiger partial charge in [-0.1, -0.05) is 0 Å². The zero-order chi connectivity index (χ0) is 17.5. The van der Waals surface area contributed by atoms with Crippen molar-refractivity contribution in [1.29, 1.82) is 0 Å². The van der Waals surface area contributed by atoms with Crippen molar-refractivity contribution in [3.8, 4) is 21.9 Å². The quantitative estimate of drug-likeness (QED) is 0.817. The van der Waals surface area contributed by atoms with Gasteiger partial charge < -0.3 is 20.1 Å². The number of carbonyl (C=O) groups excluding carboxylic acids is 1. The van der Waals surface area contributed by atoms with Crippen molar-refractivity contribution >= 4 is 29.7 Å². The van der Waals surface area contributed by atoms with Gasteiger partial charge in [0.2, 0.25) is 0 Å². The molecule has 27 heavy (non-hydrogen) atoms. The molecule has 3 aliphatic heterocycles. The van der Waals surface area contributed by atoms with Gasteiger partial charge in [-0.2, -0.15) is 0 Å². The van der Waals surface area contributed by atoms with Gasteiger partial charge in [0.1, 0.15) is 13.2 Å². The second-order valence-electron chi connectivity index (χ2n) is 7.30. The van der Waals surface area contributed by atoms with Crippen LogP contribution in [0, 0.1) is 0 Å². The number of rotatable bonds is 3. The average Bonchev–Trinajstić information content (AvgIpc) is 3.28. The first-order valence-corrected chi connectivity index (χ1v) is 10.1. The van der Waals surface area contributed by atoms with Gasteiger partial charge in [0.05, 0.1) is 4.88 Å². The summed E-state index contributed by atoms with van der Waals surface area (Å²) in [5.41, 5.74) is 1.05. The fourth-order valence-corrected chi connectivity index (χ4v) is 5.15. The number of carbonyl (C=O) groups is 1. The van der Waals surface area contributed by atoms with Crippen LogP contribution >= 0.6 is 23.7 Å². The van der Waals surface area contributed by atoms with Crippen LogP contribution in [-0.4, -0.2) is 37.2 Å². The first-order chi connectivity index (χ1) is 12.7. The molecule has 2 unspecified atom stereocenters. The van der Waals surface area contributed by atoms with E-state index >= 15 is 0 Å². The van der Waals surface area contributed by atoms with Gasteiger partial charge >= 0.3 is 0 Å². The zero-order valence-electron chi connectivity index (χ0n) is 14.9. The summed E-state index contributed by atoms with van der Waals surface area (Å²) in [7, 11) is 0. The second-order valence-corrected chi connectivity index (χ2v) is 8.39. The van der Waals surface area contributed by atoms with Crippen LogP contribution in [0.5, 0.6) is 11.5 Å². The summed E-state index contributed by atoms with van der Waals surface area (Å²) in [4.78, 5) is 14.5. The average molecular weight is 407 g/mol.